The largest absolute Gasteiger partial charge is 0.270 e. The predicted octanol–water partition coefficient (Wildman–Crippen LogP) is 3.68. The Balaban J connectivity index is 1.71. The summed E-state index contributed by atoms with van der Waals surface area (Å²) in [5.41, 5.74) is 5.78. The van der Waals surface area contributed by atoms with Crippen molar-refractivity contribution in [2.45, 2.75) is 0 Å². The molecule has 23 heavy (non-hydrogen) atoms. The smallest absolute Gasteiger partial charge is 0.267 e. The van der Waals surface area contributed by atoms with Crippen LogP contribution in [-0.2, 0) is 0 Å². The molecule has 3 rings (SSSR count). The van der Waals surface area contributed by atoms with Crippen LogP contribution < -0.4 is 10.9 Å². The molecular formula is C18H13BrN2O2. The van der Waals surface area contributed by atoms with Gasteiger partial charge < -0.3 is 0 Å². The Bertz CT molecular complexity index is 893. The van der Waals surface area contributed by atoms with E-state index in [2.05, 4.69) is 26.8 Å². The first-order chi connectivity index (χ1) is 11.1. The van der Waals surface area contributed by atoms with Gasteiger partial charge in [-0.05, 0) is 51.0 Å². The minimum absolute atomic E-state index is 0.365. The third-order valence-corrected chi connectivity index (χ3v) is 4.11. The van der Waals surface area contributed by atoms with Gasteiger partial charge in [-0.15, -0.1) is 0 Å². The van der Waals surface area contributed by atoms with Crippen molar-refractivity contribution < 1.29 is 9.59 Å². The fourth-order valence-corrected chi connectivity index (χ4v) is 2.69. The van der Waals surface area contributed by atoms with E-state index >= 15 is 0 Å². The van der Waals surface area contributed by atoms with Crippen molar-refractivity contribution in [1.29, 1.82) is 0 Å². The molecule has 0 aliphatic heterocycles. The maximum absolute atomic E-state index is 12.2. The second-order valence-electron chi connectivity index (χ2n) is 4.95. The summed E-state index contributed by atoms with van der Waals surface area (Å²) in [4.78, 5) is 24.2. The first kappa shape index (κ1) is 15.2. The molecule has 5 heteroatoms. The Hall–Kier alpha value is -2.66. The number of halogens is 1. The molecule has 4 nitrogen and oxygen atoms in total. The van der Waals surface area contributed by atoms with Crippen molar-refractivity contribution in [3.8, 4) is 0 Å². The number of benzene rings is 3. The van der Waals surface area contributed by atoms with Gasteiger partial charge in [0.15, 0.2) is 0 Å². The molecule has 0 atom stereocenters. The first-order valence-electron chi connectivity index (χ1n) is 6.99. The second-order valence-corrected chi connectivity index (χ2v) is 5.80. The van der Waals surface area contributed by atoms with E-state index in [0.29, 0.717) is 15.6 Å². The number of rotatable bonds is 2. The van der Waals surface area contributed by atoms with Gasteiger partial charge in [0.05, 0.1) is 5.56 Å². The van der Waals surface area contributed by atoms with Gasteiger partial charge in [-0.25, -0.2) is 0 Å². The number of amides is 2. The lowest BCUT2D eigenvalue weighted by molar-refractivity contribution is 0.0846. The van der Waals surface area contributed by atoms with Crippen LogP contribution in [0.1, 0.15) is 20.7 Å². The zero-order valence-electron chi connectivity index (χ0n) is 12.0. The molecule has 0 heterocycles. The summed E-state index contributed by atoms with van der Waals surface area (Å²) in [6, 6.07) is 20.2. The van der Waals surface area contributed by atoms with E-state index in [1.54, 1.807) is 30.3 Å². The van der Waals surface area contributed by atoms with Gasteiger partial charge in [0.25, 0.3) is 11.8 Å². The summed E-state index contributed by atoms with van der Waals surface area (Å²) in [6.07, 6.45) is 0. The molecule has 0 unspecified atom stereocenters. The molecule has 0 spiro atoms. The molecule has 114 valence electrons. The summed E-state index contributed by atoms with van der Waals surface area (Å²) in [7, 11) is 0. The van der Waals surface area contributed by atoms with Gasteiger partial charge in [-0.1, -0.05) is 42.5 Å². The SMILES string of the molecule is O=C(NNC(=O)c1ccccc1Br)c1ccc2ccccc2c1. The first-order valence-corrected chi connectivity index (χ1v) is 7.78. The van der Waals surface area contributed by atoms with Gasteiger partial charge in [0, 0.05) is 10.0 Å². The minimum atomic E-state index is -0.383. The van der Waals surface area contributed by atoms with Crippen molar-refractivity contribution in [3.05, 3.63) is 82.3 Å². The summed E-state index contributed by atoms with van der Waals surface area (Å²) in [6.45, 7) is 0. The van der Waals surface area contributed by atoms with Gasteiger partial charge in [-0.3, -0.25) is 20.4 Å². The number of hydrogen-bond acceptors (Lipinski definition) is 2. The third-order valence-electron chi connectivity index (χ3n) is 3.42. The molecule has 2 amide bonds. The summed E-state index contributed by atoms with van der Waals surface area (Å²) in [5, 5.41) is 2.03. The average Bonchev–Trinajstić information content (AvgIpc) is 2.59. The van der Waals surface area contributed by atoms with Crippen molar-refractivity contribution in [3.63, 3.8) is 0 Å². The Morgan fingerprint density at radius 3 is 2.17 bits per heavy atom. The van der Waals surface area contributed by atoms with Crippen LogP contribution in [0, 0.1) is 0 Å². The highest BCUT2D eigenvalue weighted by molar-refractivity contribution is 9.10. The van der Waals surface area contributed by atoms with Crippen LogP contribution in [0.4, 0.5) is 0 Å². The molecule has 3 aromatic carbocycles. The topological polar surface area (TPSA) is 58.2 Å². The number of nitrogens with one attached hydrogen (secondary N) is 2. The lowest BCUT2D eigenvalue weighted by Crippen LogP contribution is -2.41. The van der Waals surface area contributed by atoms with E-state index in [0.717, 1.165) is 10.8 Å². The lowest BCUT2D eigenvalue weighted by Gasteiger charge is -2.09. The molecule has 0 saturated heterocycles. The number of fused-ring (bicyclic) bond motifs is 1. The van der Waals surface area contributed by atoms with Crippen molar-refractivity contribution in [2.75, 3.05) is 0 Å². The number of hydrazine groups is 1. The zero-order valence-corrected chi connectivity index (χ0v) is 13.6. The van der Waals surface area contributed by atoms with Crippen LogP contribution >= 0.6 is 15.9 Å². The summed E-state index contributed by atoms with van der Waals surface area (Å²) >= 11 is 3.30. The fraction of sp³-hybridized carbons (Fsp3) is 0. The molecule has 0 bridgehead atoms. The average molecular weight is 369 g/mol. The Morgan fingerprint density at radius 2 is 1.39 bits per heavy atom. The van der Waals surface area contributed by atoms with E-state index in [-0.39, 0.29) is 11.8 Å². The number of carbonyl (C=O) groups is 2. The molecule has 3 aromatic rings. The standard InChI is InChI=1S/C18H13BrN2O2/c19-16-8-4-3-7-15(16)18(23)21-20-17(22)14-10-9-12-5-1-2-6-13(12)11-14/h1-11H,(H,20,22)(H,21,23). The van der Waals surface area contributed by atoms with Crippen LogP contribution in [0.3, 0.4) is 0 Å². The molecule has 0 fully saturated rings. The molecule has 0 aliphatic carbocycles. The van der Waals surface area contributed by atoms with Crippen LogP contribution in [0.2, 0.25) is 0 Å². The Morgan fingerprint density at radius 1 is 0.739 bits per heavy atom. The van der Waals surface area contributed by atoms with E-state index in [1.807, 2.05) is 36.4 Å². The second kappa shape index (κ2) is 6.62. The third kappa shape index (κ3) is 3.40. The normalized spacial score (nSPS) is 10.3. The highest BCUT2D eigenvalue weighted by Crippen LogP contribution is 2.16. The molecule has 0 saturated carbocycles. The number of hydrogen-bond donors (Lipinski definition) is 2. The monoisotopic (exact) mass is 368 g/mol. The quantitative estimate of drug-likeness (QED) is 0.677. The zero-order chi connectivity index (χ0) is 16.2. The Labute approximate surface area is 141 Å². The van der Waals surface area contributed by atoms with E-state index in [1.165, 1.54) is 0 Å². The van der Waals surface area contributed by atoms with Crippen LogP contribution in [-0.4, -0.2) is 11.8 Å². The molecule has 0 aromatic heterocycles. The van der Waals surface area contributed by atoms with Crippen molar-refractivity contribution >= 4 is 38.5 Å². The molecule has 0 aliphatic rings. The Kier molecular flexibility index (Phi) is 4.39. The lowest BCUT2D eigenvalue weighted by atomic mass is 10.1. The molecular weight excluding hydrogens is 356 g/mol. The van der Waals surface area contributed by atoms with Crippen LogP contribution in [0.5, 0.6) is 0 Å². The number of carbonyl (C=O) groups excluding carboxylic acids is 2. The predicted molar refractivity (Wildman–Crippen MR) is 93.0 cm³/mol. The highest BCUT2D eigenvalue weighted by Gasteiger charge is 2.11. The maximum Gasteiger partial charge on any atom is 0.270 e. The fourth-order valence-electron chi connectivity index (χ4n) is 2.23. The van der Waals surface area contributed by atoms with Crippen LogP contribution in [0.25, 0.3) is 10.8 Å². The van der Waals surface area contributed by atoms with Crippen molar-refractivity contribution in [1.82, 2.24) is 10.9 Å². The van der Waals surface area contributed by atoms with Gasteiger partial charge in [-0.2, -0.15) is 0 Å². The van der Waals surface area contributed by atoms with Gasteiger partial charge >= 0.3 is 0 Å². The molecule has 2 N–H and O–H groups in total. The van der Waals surface area contributed by atoms with Crippen LogP contribution in [0.15, 0.2) is 71.2 Å². The van der Waals surface area contributed by atoms with E-state index in [9.17, 15) is 9.59 Å². The highest BCUT2D eigenvalue weighted by atomic mass is 79.9. The van der Waals surface area contributed by atoms with E-state index < -0.39 is 0 Å². The molecule has 0 radical (unpaired) electrons. The van der Waals surface area contributed by atoms with E-state index in [4.69, 9.17) is 0 Å². The van der Waals surface area contributed by atoms with Gasteiger partial charge in [0.1, 0.15) is 0 Å². The van der Waals surface area contributed by atoms with Gasteiger partial charge in [0.2, 0.25) is 0 Å². The summed E-state index contributed by atoms with van der Waals surface area (Å²) < 4.78 is 0.664. The van der Waals surface area contributed by atoms with Crippen molar-refractivity contribution in [2.24, 2.45) is 0 Å². The maximum atomic E-state index is 12.2. The summed E-state index contributed by atoms with van der Waals surface area (Å²) in [5.74, 6) is -0.747. The minimum Gasteiger partial charge on any atom is -0.267 e.